The van der Waals surface area contributed by atoms with Crippen LogP contribution in [0.15, 0.2) is 34.9 Å². The van der Waals surface area contributed by atoms with Crippen molar-refractivity contribution in [3.8, 4) is 11.6 Å². The van der Waals surface area contributed by atoms with Crippen LogP contribution in [0.5, 0.6) is 11.6 Å². The van der Waals surface area contributed by atoms with E-state index >= 15 is 0 Å². The average Bonchev–Trinajstić information content (AvgIpc) is 2.35. The van der Waals surface area contributed by atoms with Crippen LogP contribution in [0.25, 0.3) is 0 Å². The first-order valence-corrected chi connectivity index (χ1v) is 6.45. The van der Waals surface area contributed by atoms with Crippen molar-refractivity contribution in [2.45, 2.75) is 0 Å². The number of aromatic nitrogens is 1. The van der Waals surface area contributed by atoms with E-state index in [9.17, 15) is 10.1 Å². The first kappa shape index (κ1) is 14.0. The van der Waals surface area contributed by atoms with E-state index in [1.165, 1.54) is 24.4 Å². The molecule has 98 valence electrons. The SMILES string of the molecule is O=[N+]([O-])c1cc(Br)cnc1Oc1cc(Cl)ccc1Cl. The molecule has 0 spiro atoms. The molecule has 1 aromatic heterocycles. The predicted molar refractivity (Wildman–Crippen MR) is 75.1 cm³/mol. The molecule has 0 unspecified atom stereocenters. The van der Waals surface area contributed by atoms with E-state index in [1.807, 2.05) is 0 Å². The molecule has 1 aromatic carbocycles. The van der Waals surface area contributed by atoms with Crippen molar-refractivity contribution < 1.29 is 9.66 Å². The molecule has 8 heteroatoms. The quantitative estimate of drug-likeness (QED) is 0.577. The van der Waals surface area contributed by atoms with Crippen LogP contribution >= 0.6 is 39.1 Å². The van der Waals surface area contributed by atoms with E-state index in [-0.39, 0.29) is 22.3 Å². The third-order valence-electron chi connectivity index (χ3n) is 2.10. The number of hydrogen-bond acceptors (Lipinski definition) is 4. The molecule has 2 aromatic rings. The van der Waals surface area contributed by atoms with Gasteiger partial charge in [-0.25, -0.2) is 4.98 Å². The monoisotopic (exact) mass is 362 g/mol. The van der Waals surface area contributed by atoms with Gasteiger partial charge in [-0.05, 0) is 28.1 Å². The average molecular weight is 364 g/mol. The fourth-order valence-corrected chi connectivity index (χ4v) is 1.92. The molecule has 0 amide bonds. The van der Waals surface area contributed by atoms with Crippen LogP contribution in [-0.2, 0) is 0 Å². The predicted octanol–water partition coefficient (Wildman–Crippen LogP) is 4.85. The third-order valence-corrected chi connectivity index (χ3v) is 3.08. The Morgan fingerprint density at radius 2 is 2.05 bits per heavy atom. The fraction of sp³-hybridized carbons (Fsp3) is 0. The Labute approximate surface area is 126 Å². The summed E-state index contributed by atoms with van der Waals surface area (Å²) in [6, 6.07) is 5.86. The summed E-state index contributed by atoms with van der Waals surface area (Å²) in [6.07, 6.45) is 1.39. The second-order valence-corrected chi connectivity index (χ2v) is 5.17. The van der Waals surface area contributed by atoms with Crippen LogP contribution in [0.1, 0.15) is 0 Å². The van der Waals surface area contributed by atoms with E-state index in [0.717, 1.165) is 0 Å². The Morgan fingerprint density at radius 3 is 2.74 bits per heavy atom. The van der Waals surface area contributed by atoms with Crippen LogP contribution in [0.3, 0.4) is 0 Å². The second-order valence-electron chi connectivity index (χ2n) is 3.41. The maximum absolute atomic E-state index is 10.9. The number of ether oxygens (including phenoxy) is 1. The van der Waals surface area contributed by atoms with Crippen molar-refractivity contribution in [3.63, 3.8) is 0 Å². The molecule has 5 nitrogen and oxygen atoms in total. The standard InChI is InChI=1S/C11H5BrCl2N2O3/c12-6-3-9(16(17)18)11(15-5-6)19-10-4-7(13)1-2-8(10)14/h1-5H. The van der Waals surface area contributed by atoms with Gasteiger partial charge in [-0.15, -0.1) is 0 Å². The molecule has 0 radical (unpaired) electrons. The van der Waals surface area contributed by atoms with Crippen molar-refractivity contribution in [2.24, 2.45) is 0 Å². The van der Waals surface area contributed by atoms with E-state index in [1.54, 1.807) is 6.07 Å². The Balaban J connectivity index is 2.43. The Hall–Kier alpha value is -1.37. The summed E-state index contributed by atoms with van der Waals surface area (Å²) in [6.45, 7) is 0. The van der Waals surface area contributed by atoms with Gasteiger partial charge in [0.2, 0.25) is 0 Å². The van der Waals surface area contributed by atoms with Crippen molar-refractivity contribution in [3.05, 3.63) is 55.1 Å². The number of benzene rings is 1. The molecule has 0 atom stereocenters. The number of hydrogen-bond donors (Lipinski definition) is 0. The van der Waals surface area contributed by atoms with Gasteiger partial charge in [0.15, 0.2) is 0 Å². The third kappa shape index (κ3) is 3.34. The molecular formula is C11H5BrCl2N2O3. The van der Waals surface area contributed by atoms with Gasteiger partial charge in [-0.3, -0.25) is 10.1 Å². The van der Waals surface area contributed by atoms with Crippen molar-refractivity contribution in [1.29, 1.82) is 0 Å². The molecule has 0 saturated carbocycles. The zero-order valence-electron chi connectivity index (χ0n) is 9.14. The van der Waals surface area contributed by atoms with Crippen LogP contribution in [0.4, 0.5) is 5.69 Å². The second kappa shape index (κ2) is 5.73. The van der Waals surface area contributed by atoms with Crippen molar-refractivity contribution in [2.75, 3.05) is 0 Å². The number of halogens is 3. The Bertz CT molecular complexity index is 652. The lowest BCUT2D eigenvalue weighted by atomic mass is 10.3. The smallest absolute Gasteiger partial charge is 0.332 e. The van der Waals surface area contributed by atoms with E-state index < -0.39 is 4.92 Å². The van der Waals surface area contributed by atoms with Gasteiger partial charge in [0, 0.05) is 27.8 Å². The number of nitrogens with zero attached hydrogens (tertiary/aromatic N) is 2. The molecular weight excluding hydrogens is 359 g/mol. The van der Waals surface area contributed by atoms with E-state index in [2.05, 4.69) is 20.9 Å². The van der Waals surface area contributed by atoms with Gasteiger partial charge < -0.3 is 4.74 Å². The maximum atomic E-state index is 10.9. The zero-order chi connectivity index (χ0) is 14.0. The highest BCUT2D eigenvalue weighted by molar-refractivity contribution is 9.10. The lowest BCUT2D eigenvalue weighted by Gasteiger charge is -2.07. The molecule has 0 aliphatic heterocycles. The minimum absolute atomic E-state index is 0.155. The fourth-order valence-electron chi connectivity index (χ4n) is 1.29. The van der Waals surface area contributed by atoms with Gasteiger partial charge >= 0.3 is 5.69 Å². The molecule has 2 rings (SSSR count). The van der Waals surface area contributed by atoms with Gasteiger partial charge in [-0.1, -0.05) is 23.2 Å². The van der Waals surface area contributed by atoms with Gasteiger partial charge in [0.25, 0.3) is 5.88 Å². The van der Waals surface area contributed by atoms with E-state index in [4.69, 9.17) is 27.9 Å². The van der Waals surface area contributed by atoms with Crippen LogP contribution in [0.2, 0.25) is 10.0 Å². The summed E-state index contributed by atoms with van der Waals surface area (Å²) in [5.74, 6) is 0.0458. The number of rotatable bonds is 3. The summed E-state index contributed by atoms with van der Waals surface area (Å²) in [5.41, 5.74) is -0.273. The largest absolute Gasteiger partial charge is 0.432 e. The molecule has 0 saturated heterocycles. The van der Waals surface area contributed by atoms with Crippen molar-refractivity contribution >= 4 is 44.8 Å². The summed E-state index contributed by atoms with van der Waals surface area (Å²) < 4.78 is 5.82. The minimum Gasteiger partial charge on any atom is -0.432 e. The molecule has 0 aliphatic carbocycles. The topological polar surface area (TPSA) is 65.3 Å². The summed E-state index contributed by atoms with van der Waals surface area (Å²) in [5, 5.41) is 11.6. The lowest BCUT2D eigenvalue weighted by molar-refractivity contribution is -0.386. The Morgan fingerprint density at radius 1 is 1.32 bits per heavy atom. The Kier molecular flexibility index (Phi) is 4.24. The summed E-state index contributed by atoms with van der Waals surface area (Å²) in [7, 11) is 0. The molecule has 0 fully saturated rings. The highest BCUT2D eigenvalue weighted by atomic mass is 79.9. The van der Waals surface area contributed by atoms with E-state index in [0.29, 0.717) is 9.50 Å². The lowest BCUT2D eigenvalue weighted by Crippen LogP contribution is -1.96. The minimum atomic E-state index is -0.592. The number of pyridine rings is 1. The summed E-state index contributed by atoms with van der Waals surface area (Å²) in [4.78, 5) is 14.2. The van der Waals surface area contributed by atoms with Crippen LogP contribution < -0.4 is 4.74 Å². The molecule has 1 heterocycles. The molecule has 19 heavy (non-hydrogen) atoms. The molecule has 0 N–H and O–H groups in total. The van der Waals surface area contributed by atoms with Gasteiger partial charge in [0.1, 0.15) is 5.75 Å². The van der Waals surface area contributed by atoms with Crippen LogP contribution in [-0.4, -0.2) is 9.91 Å². The maximum Gasteiger partial charge on any atom is 0.332 e. The molecule has 0 aliphatic rings. The highest BCUT2D eigenvalue weighted by Gasteiger charge is 2.19. The first-order valence-electron chi connectivity index (χ1n) is 4.90. The zero-order valence-corrected chi connectivity index (χ0v) is 12.2. The van der Waals surface area contributed by atoms with Gasteiger partial charge in [-0.2, -0.15) is 0 Å². The normalized spacial score (nSPS) is 10.3. The van der Waals surface area contributed by atoms with Gasteiger partial charge in [0.05, 0.1) is 9.95 Å². The highest BCUT2D eigenvalue weighted by Crippen LogP contribution is 2.35. The van der Waals surface area contributed by atoms with Crippen LogP contribution in [0, 0.1) is 10.1 Å². The molecule has 0 bridgehead atoms. The number of nitro groups is 1. The first-order chi connectivity index (χ1) is 8.97. The van der Waals surface area contributed by atoms with Crippen molar-refractivity contribution in [1.82, 2.24) is 4.98 Å². The summed E-state index contributed by atoms with van der Waals surface area (Å²) >= 11 is 14.8.